The van der Waals surface area contributed by atoms with Crippen LogP contribution in [-0.4, -0.2) is 36.0 Å². The quantitative estimate of drug-likeness (QED) is 0.298. The van der Waals surface area contributed by atoms with Crippen molar-refractivity contribution in [3.05, 3.63) is 99.5 Å². The molecule has 0 bridgehead atoms. The molecule has 4 aromatic rings. The Morgan fingerprint density at radius 3 is 2.57 bits per heavy atom. The number of carboxylic acid groups (broad SMARTS) is 1. The van der Waals surface area contributed by atoms with Crippen LogP contribution in [0.3, 0.4) is 0 Å². The van der Waals surface area contributed by atoms with Crippen LogP contribution in [0, 0.1) is 0 Å². The minimum atomic E-state index is -1.13. The van der Waals surface area contributed by atoms with E-state index in [1.807, 2.05) is 35.3 Å². The molecule has 186 valence electrons. The van der Waals surface area contributed by atoms with Gasteiger partial charge < -0.3 is 19.3 Å². The normalized spacial score (nSPS) is 18.0. The SMILES string of the molecule is COc1ccc([C@@H]2Oc3ccc(Br)cc3[C@H]3CC(c4ccc5ccccc5c4)=NN32)c(C(=O)O)c1OC. The van der Waals surface area contributed by atoms with Gasteiger partial charge >= 0.3 is 5.97 Å². The molecule has 0 amide bonds. The zero-order chi connectivity index (χ0) is 25.7. The van der Waals surface area contributed by atoms with Crippen LogP contribution in [0.15, 0.2) is 82.4 Å². The first-order valence-electron chi connectivity index (χ1n) is 11.8. The summed E-state index contributed by atoms with van der Waals surface area (Å²) >= 11 is 3.58. The highest BCUT2D eigenvalue weighted by atomic mass is 79.9. The van der Waals surface area contributed by atoms with Crippen molar-refractivity contribution in [1.82, 2.24) is 5.01 Å². The molecule has 0 spiro atoms. The van der Waals surface area contributed by atoms with E-state index >= 15 is 0 Å². The molecule has 6 rings (SSSR count). The van der Waals surface area contributed by atoms with Gasteiger partial charge in [-0.3, -0.25) is 0 Å². The number of benzene rings is 4. The van der Waals surface area contributed by atoms with Gasteiger partial charge in [-0.15, -0.1) is 0 Å². The van der Waals surface area contributed by atoms with Crippen molar-refractivity contribution in [3.8, 4) is 17.2 Å². The molecule has 0 saturated carbocycles. The molecular formula is C29H23BrN2O5. The minimum Gasteiger partial charge on any atom is -0.493 e. The summed E-state index contributed by atoms with van der Waals surface area (Å²) in [6, 6.07) is 23.7. The summed E-state index contributed by atoms with van der Waals surface area (Å²) in [7, 11) is 2.91. The zero-order valence-electron chi connectivity index (χ0n) is 20.1. The Kier molecular flexibility index (Phi) is 5.76. The molecule has 2 atom stereocenters. The molecule has 2 aliphatic rings. The molecule has 1 N–H and O–H groups in total. The highest BCUT2D eigenvalue weighted by Gasteiger charge is 2.43. The van der Waals surface area contributed by atoms with Crippen LogP contribution in [-0.2, 0) is 0 Å². The van der Waals surface area contributed by atoms with E-state index in [0.717, 1.165) is 32.1 Å². The highest BCUT2D eigenvalue weighted by molar-refractivity contribution is 9.10. The van der Waals surface area contributed by atoms with Crippen molar-refractivity contribution >= 4 is 38.4 Å². The largest absolute Gasteiger partial charge is 0.493 e. The maximum atomic E-state index is 12.5. The van der Waals surface area contributed by atoms with Gasteiger partial charge in [0.15, 0.2) is 11.5 Å². The van der Waals surface area contributed by atoms with Gasteiger partial charge in [0, 0.05) is 22.0 Å². The summed E-state index contributed by atoms with van der Waals surface area (Å²) in [4.78, 5) is 12.5. The number of carboxylic acids is 1. The first kappa shape index (κ1) is 23.4. The second-order valence-electron chi connectivity index (χ2n) is 8.93. The maximum Gasteiger partial charge on any atom is 0.340 e. The first-order chi connectivity index (χ1) is 18.0. The molecule has 0 aliphatic carbocycles. The van der Waals surface area contributed by atoms with Gasteiger partial charge in [-0.25, -0.2) is 9.80 Å². The fourth-order valence-electron chi connectivity index (χ4n) is 5.18. The summed E-state index contributed by atoms with van der Waals surface area (Å²) in [5, 5.41) is 19.4. The number of aromatic carboxylic acids is 1. The lowest BCUT2D eigenvalue weighted by atomic mass is 9.94. The fourth-order valence-corrected chi connectivity index (χ4v) is 5.55. The van der Waals surface area contributed by atoms with E-state index in [-0.39, 0.29) is 17.4 Å². The molecule has 37 heavy (non-hydrogen) atoms. The second-order valence-corrected chi connectivity index (χ2v) is 9.85. The second kappa shape index (κ2) is 9.12. The third-order valence-corrected chi connectivity index (χ3v) is 7.39. The minimum absolute atomic E-state index is 0.0134. The monoisotopic (exact) mass is 558 g/mol. The van der Waals surface area contributed by atoms with Gasteiger partial charge in [-0.2, -0.15) is 5.10 Å². The summed E-state index contributed by atoms with van der Waals surface area (Å²) in [5.74, 6) is 0.0373. The Bertz CT molecular complexity index is 1580. The van der Waals surface area contributed by atoms with E-state index in [2.05, 4.69) is 46.3 Å². The Labute approximate surface area is 222 Å². The summed E-state index contributed by atoms with van der Waals surface area (Å²) in [6.07, 6.45) is -0.125. The van der Waals surface area contributed by atoms with E-state index in [1.54, 1.807) is 12.1 Å². The number of ether oxygens (including phenoxy) is 3. The number of hydrogen-bond donors (Lipinski definition) is 1. The number of fused-ring (bicyclic) bond motifs is 4. The summed E-state index contributed by atoms with van der Waals surface area (Å²) in [6.45, 7) is 0. The standard InChI is InChI=1S/C29H23BrN2O5/c1-35-25-12-10-20(26(29(33)34)27(25)36-2)28-32-23(21-14-19(30)9-11-24(21)37-28)15-22(31-32)18-8-7-16-5-3-4-6-17(16)13-18/h3-14,23,28H,15H2,1-2H3,(H,33,34)/t23-,28+/m1/s1. The average Bonchev–Trinajstić information content (AvgIpc) is 3.37. The van der Waals surface area contributed by atoms with Crippen LogP contribution in [0.25, 0.3) is 10.8 Å². The number of halogens is 1. The molecular weight excluding hydrogens is 536 g/mol. The van der Waals surface area contributed by atoms with Crippen molar-refractivity contribution in [1.29, 1.82) is 0 Å². The van der Waals surface area contributed by atoms with Gasteiger partial charge in [-0.1, -0.05) is 52.3 Å². The van der Waals surface area contributed by atoms with Crippen molar-refractivity contribution in [2.75, 3.05) is 14.2 Å². The molecule has 2 heterocycles. The topological polar surface area (TPSA) is 80.6 Å². The lowest BCUT2D eigenvalue weighted by molar-refractivity contribution is -0.0199. The predicted octanol–water partition coefficient (Wildman–Crippen LogP) is 6.56. The third-order valence-electron chi connectivity index (χ3n) is 6.89. The van der Waals surface area contributed by atoms with Crippen LogP contribution in [0.4, 0.5) is 0 Å². The van der Waals surface area contributed by atoms with E-state index in [1.165, 1.54) is 14.2 Å². The van der Waals surface area contributed by atoms with Gasteiger partial charge in [0.1, 0.15) is 11.3 Å². The van der Waals surface area contributed by atoms with Crippen LogP contribution in [0.5, 0.6) is 17.2 Å². The van der Waals surface area contributed by atoms with Crippen molar-refractivity contribution in [3.63, 3.8) is 0 Å². The number of hydrogen-bond acceptors (Lipinski definition) is 6. The van der Waals surface area contributed by atoms with Gasteiger partial charge in [0.2, 0.25) is 6.23 Å². The average molecular weight is 559 g/mol. The summed E-state index contributed by atoms with van der Waals surface area (Å²) < 4.78 is 18.2. The van der Waals surface area contributed by atoms with E-state index in [4.69, 9.17) is 19.3 Å². The molecule has 8 heteroatoms. The smallest absolute Gasteiger partial charge is 0.340 e. The van der Waals surface area contributed by atoms with Crippen LogP contribution < -0.4 is 14.2 Å². The first-order valence-corrected chi connectivity index (χ1v) is 12.6. The van der Waals surface area contributed by atoms with Crippen molar-refractivity contribution in [2.24, 2.45) is 5.10 Å². The molecule has 4 aromatic carbocycles. The highest BCUT2D eigenvalue weighted by Crippen LogP contribution is 2.50. The van der Waals surface area contributed by atoms with Crippen LogP contribution in [0.1, 0.15) is 45.7 Å². The van der Waals surface area contributed by atoms with Gasteiger partial charge in [0.25, 0.3) is 0 Å². The lowest BCUT2D eigenvalue weighted by Crippen LogP contribution is -2.34. The van der Waals surface area contributed by atoms with Gasteiger partial charge in [0.05, 0.1) is 26.0 Å². The molecule has 0 unspecified atom stereocenters. The van der Waals surface area contributed by atoms with E-state index < -0.39 is 12.2 Å². The Morgan fingerprint density at radius 2 is 1.81 bits per heavy atom. The maximum absolute atomic E-state index is 12.5. The Morgan fingerprint density at radius 1 is 1.00 bits per heavy atom. The molecule has 0 saturated heterocycles. The number of nitrogens with zero attached hydrogens (tertiary/aromatic N) is 2. The number of hydrazone groups is 1. The predicted molar refractivity (Wildman–Crippen MR) is 144 cm³/mol. The number of rotatable bonds is 5. The van der Waals surface area contributed by atoms with E-state index in [0.29, 0.717) is 23.5 Å². The van der Waals surface area contributed by atoms with Crippen LogP contribution >= 0.6 is 15.9 Å². The fraction of sp³-hybridized carbons (Fsp3) is 0.172. The number of carbonyl (C=O) groups is 1. The molecule has 0 radical (unpaired) electrons. The Hall–Kier alpha value is -4.04. The zero-order valence-corrected chi connectivity index (χ0v) is 21.7. The third kappa shape index (κ3) is 3.88. The van der Waals surface area contributed by atoms with E-state index in [9.17, 15) is 9.90 Å². The van der Waals surface area contributed by atoms with Gasteiger partial charge in [-0.05, 0) is 52.7 Å². The van der Waals surface area contributed by atoms with Crippen molar-refractivity contribution < 1.29 is 24.1 Å². The van der Waals surface area contributed by atoms with Crippen LogP contribution in [0.2, 0.25) is 0 Å². The molecule has 7 nitrogen and oxygen atoms in total. The lowest BCUT2D eigenvalue weighted by Gasteiger charge is -2.38. The molecule has 0 aromatic heterocycles. The molecule has 2 aliphatic heterocycles. The Balaban J connectivity index is 1.51. The number of methoxy groups -OCH3 is 2. The molecule has 0 fully saturated rings. The van der Waals surface area contributed by atoms with Crippen molar-refractivity contribution in [2.45, 2.75) is 18.7 Å². The summed E-state index contributed by atoms with van der Waals surface area (Å²) in [5.41, 5.74) is 3.35.